The van der Waals surface area contributed by atoms with E-state index in [9.17, 15) is 0 Å². The first-order valence-electron chi connectivity index (χ1n) is 10.8. The molecule has 0 fully saturated rings. The third kappa shape index (κ3) is 2.32. The molecule has 2 heterocycles. The van der Waals surface area contributed by atoms with Crippen LogP contribution < -0.4 is 0 Å². The van der Waals surface area contributed by atoms with Gasteiger partial charge in [0.2, 0.25) is 0 Å². The lowest BCUT2D eigenvalue weighted by Gasteiger charge is -2.32. The zero-order valence-corrected chi connectivity index (χ0v) is 19.0. The van der Waals surface area contributed by atoms with Crippen molar-refractivity contribution in [3.05, 3.63) is 59.3 Å². The maximum absolute atomic E-state index is 5.20. The average molecular weight is 385 g/mol. The number of nitrogens with zero attached hydrogens (tertiary/aromatic N) is 2. The van der Waals surface area contributed by atoms with Crippen molar-refractivity contribution < 1.29 is 0 Å². The molecule has 1 unspecified atom stereocenters. The van der Waals surface area contributed by atoms with Crippen LogP contribution in [-0.4, -0.2) is 9.38 Å². The molecule has 150 valence electrons. The fraction of sp³-hybridized carbons (Fsp3) is 0.444. The Balaban J connectivity index is 1.99. The molecule has 5 rings (SSSR count). The van der Waals surface area contributed by atoms with Gasteiger partial charge in [-0.05, 0) is 51.5 Å². The van der Waals surface area contributed by atoms with Crippen LogP contribution in [0.5, 0.6) is 0 Å². The van der Waals surface area contributed by atoms with Gasteiger partial charge in [0.15, 0.2) is 0 Å². The minimum atomic E-state index is 0.0248. The van der Waals surface area contributed by atoms with E-state index in [1.165, 1.54) is 33.1 Å². The van der Waals surface area contributed by atoms with E-state index in [0.717, 1.165) is 11.2 Å². The van der Waals surface area contributed by atoms with Crippen LogP contribution in [0.2, 0.25) is 0 Å². The third-order valence-electron chi connectivity index (χ3n) is 7.85. The van der Waals surface area contributed by atoms with E-state index in [-0.39, 0.29) is 16.2 Å². The lowest BCUT2D eigenvalue weighted by Crippen LogP contribution is -2.30. The fourth-order valence-electron chi connectivity index (χ4n) is 5.57. The standard InChI is InChI=1S/C27H32N2/c1-16-26(5,6)19-14-21-22(15-20(19)27(16,7)8)29-23(25(2,3)4)13-17-11-9-10-12-18(17)24(29)28-21/h9-16H,1-8H3. The quantitative estimate of drug-likeness (QED) is 0.315. The summed E-state index contributed by atoms with van der Waals surface area (Å²) in [5.41, 5.74) is 8.03. The molecule has 0 spiro atoms. The largest absolute Gasteiger partial charge is 0.296 e. The lowest BCUT2D eigenvalue weighted by molar-refractivity contribution is 0.264. The first-order valence-corrected chi connectivity index (χ1v) is 10.8. The second kappa shape index (κ2) is 5.41. The van der Waals surface area contributed by atoms with Crippen molar-refractivity contribution in [3.8, 4) is 0 Å². The summed E-state index contributed by atoms with van der Waals surface area (Å²) in [6, 6.07) is 15.8. The van der Waals surface area contributed by atoms with Crippen LogP contribution in [0, 0.1) is 5.92 Å². The van der Waals surface area contributed by atoms with Gasteiger partial charge in [0.1, 0.15) is 5.65 Å². The van der Waals surface area contributed by atoms with Crippen LogP contribution in [0.25, 0.3) is 27.5 Å². The van der Waals surface area contributed by atoms with Gasteiger partial charge >= 0.3 is 0 Å². The molecule has 1 aliphatic rings. The van der Waals surface area contributed by atoms with E-state index in [2.05, 4.69) is 102 Å². The number of rotatable bonds is 0. The van der Waals surface area contributed by atoms with Crippen molar-refractivity contribution in [1.29, 1.82) is 0 Å². The number of hydrogen-bond donors (Lipinski definition) is 0. The molecule has 0 bridgehead atoms. The molecule has 0 amide bonds. The van der Waals surface area contributed by atoms with E-state index < -0.39 is 0 Å². The molecule has 4 aromatic rings. The average Bonchev–Trinajstić information content (AvgIpc) is 3.08. The summed E-state index contributed by atoms with van der Waals surface area (Å²) in [5, 5.41) is 2.49. The highest BCUT2D eigenvalue weighted by molar-refractivity contribution is 5.99. The van der Waals surface area contributed by atoms with E-state index in [4.69, 9.17) is 4.98 Å². The van der Waals surface area contributed by atoms with E-state index in [1.807, 2.05) is 0 Å². The van der Waals surface area contributed by atoms with Crippen molar-refractivity contribution in [2.75, 3.05) is 0 Å². The number of hydrogen-bond acceptors (Lipinski definition) is 1. The Bertz CT molecular complexity index is 1300. The zero-order valence-electron chi connectivity index (χ0n) is 19.0. The van der Waals surface area contributed by atoms with Gasteiger partial charge < -0.3 is 0 Å². The zero-order chi connectivity index (χ0) is 20.9. The summed E-state index contributed by atoms with van der Waals surface area (Å²) in [4.78, 5) is 5.20. The third-order valence-corrected chi connectivity index (χ3v) is 7.85. The molecular weight excluding hydrogens is 352 g/mol. The van der Waals surface area contributed by atoms with Crippen LogP contribution in [0.15, 0.2) is 42.5 Å². The number of fused-ring (bicyclic) bond motifs is 6. The van der Waals surface area contributed by atoms with Crippen LogP contribution in [0.3, 0.4) is 0 Å². The first-order chi connectivity index (χ1) is 13.4. The van der Waals surface area contributed by atoms with E-state index in [0.29, 0.717) is 5.92 Å². The van der Waals surface area contributed by atoms with E-state index >= 15 is 0 Å². The molecular formula is C27H32N2. The molecule has 0 saturated carbocycles. The molecule has 0 aliphatic heterocycles. The highest BCUT2D eigenvalue weighted by Gasteiger charge is 2.48. The summed E-state index contributed by atoms with van der Waals surface area (Å²) >= 11 is 0. The number of imidazole rings is 1. The summed E-state index contributed by atoms with van der Waals surface area (Å²) in [6.07, 6.45) is 0. The van der Waals surface area contributed by atoms with Crippen LogP contribution in [-0.2, 0) is 16.2 Å². The summed E-state index contributed by atoms with van der Waals surface area (Å²) < 4.78 is 2.42. The maximum atomic E-state index is 5.20. The number of pyridine rings is 1. The highest BCUT2D eigenvalue weighted by Crippen LogP contribution is 2.54. The monoisotopic (exact) mass is 384 g/mol. The molecule has 2 aromatic carbocycles. The van der Waals surface area contributed by atoms with Gasteiger partial charge in [0.25, 0.3) is 0 Å². The lowest BCUT2D eigenvalue weighted by atomic mass is 9.71. The predicted molar refractivity (Wildman–Crippen MR) is 124 cm³/mol. The SMILES string of the molecule is CC1C(C)(C)c2cc3nc4c5ccccc5cc(C(C)(C)C)n4c3cc2C1(C)C. The van der Waals surface area contributed by atoms with Crippen molar-refractivity contribution in [3.63, 3.8) is 0 Å². The molecule has 0 N–H and O–H groups in total. The highest BCUT2D eigenvalue weighted by atomic mass is 15.0. The Hall–Kier alpha value is -2.35. The summed E-state index contributed by atoms with van der Waals surface area (Å²) in [6.45, 7) is 18.9. The molecule has 2 aromatic heterocycles. The van der Waals surface area contributed by atoms with Crippen LogP contribution >= 0.6 is 0 Å². The Labute approximate surface area is 174 Å². The van der Waals surface area contributed by atoms with Crippen LogP contribution in [0.4, 0.5) is 0 Å². The van der Waals surface area contributed by atoms with Gasteiger partial charge in [-0.15, -0.1) is 0 Å². The Morgan fingerprint density at radius 3 is 2.17 bits per heavy atom. The second-order valence-electron chi connectivity index (χ2n) is 11.2. The van der Waals surface area contributed by atoms with Crippen molar-refractivity contribution in [1.82, 2.24) is 9.38 Å². The minimum Gasteiger partial charge on any atom is -0.296 e. The van der Waals surface area contributed by atoms with Gasteiger partial charge in [0, 0.05) is 16.5 Å². The summed E-state index contributed by atoms with van der Waals surface area (Å²) in [5.74, 6) is 0.579. The molecule has 1 aliphatic carbocycles. The predicted octanol–water partition coefficient (Wildman–Crippen LogP) is 7.14. The Morgan fingerprint density at radius 2 is 1.52 bits per heavy atom. The Kier molecular flexibility index (Phi) is 3.48. The maximum Gasteiger partial charge on any atom is 0.146 e. The van der Waals surface area contributed by atoms with E-state index in [1.54, 1.807) is 0 Å². The Morgan fingerprint density at radius 1 is 0.897 bits per heavy atom. The minimum absolute atomic E-state index is 0.0248. The fourth-order valence-corrected chi connectivity index (χ4v) is 5.57. The van der Waals surface area contributed by atoms with Crippen molar-refractivity contribution >= 4 is 27.5 Å². The van der Waals surface area contributed by atoms with Gasteiger partial charge in [-0.2, -0.15) is 0 Å². The van der Waals surface area contributed by atoms with Gasteiger partial charge in [-0.25, -0.2) is 4.98 Å². The van der Waals surface area contributed by atoms with Gasteiger partial charge in [-0.1, -0.05) is 79.7 Å². The first kappa shape index (κ1) is 18.7. The molecule has 2 heteroatoms. The second-order valence-corrected chi connectivity index (χ2v) is 11.2. The molecule has 2 nitrogen and oxygen atoms in total. The number of aromatic nitrogens is 2. The topological polar surface area (TPSA) is 17.3 Å². The van der Waals surface area contributed by atoms with Crippen molar-refractivity contribution in [2.45, 2.75) is 71.6 Å². The van der Waals surface area contributed by atoms with Crippen molar-refractivity contribution in [2.24, 2.45) is 5.92 Å². The van der Waals surface area contributed by atoms with Crippen LogP contribution in [0.1, 0.15) is 72.2 Å². The molecule has 1 atom stereocenters. The molecule has 0 saturated heterocycles. The number of benzene rings is 2. The molecule has 29 heavy (non-hydrogen) atoms. The van der Waals surface area contributed by atoms with Gasteiger partial charge in [0.05, 0.1) is 11.0 Å². The van der Waals surface area contributed by atoms with Gasteiger partial charge in [-0.3, -0.25) is 4.40 Å². The molecule has 0 radical (unpaired) electrons. The smallest absolute Gasteiger partial charge is 0.146 e. The summed E-state index contributed by atoms with van der Waals surface area (Å²) in [7, 11) is 0. The normalized spacial score (nSPS) is 20.6.